The van der Waals surface area contributed by atoms with E-state index in [9.17, 15) is 19.8 Å². The zero-order valence-electron chi connectivity index (χ0n) is 10.8. The van der Waals surface area contributed by atoms with Gasteiger partial charge >= 0.3 is 17.3 Å². The predicted molar refractivity (Wildman–Crippen MR) is 70.5 cm³/mol. The predicted octanol–water partition coefficient (Wildman–Crippen LogP) is -0.216. The van der Waals surface area contributed by atoms with Gasteiger partial charge in [-0.2, -0.15) is 0 Å². The molecule has 104 valence electrons. The van der Waals surface area contributed by atoms with E-state index < -0.39 is 11.9 Å². The van der Waals surface area contributed by atoms with Crippen LogP contribution in [0, 0.1) is 6.58 Å². The van der Waals surface area contributed by atoms with Gasteiger partial charge in [0.15, 0.2) is 0 Å². The van der Waals surface area contributed by atoms with E-state index in [0.29, 0.717) is 0 Å². The number of hydrogen-bond donors (Lipinski definition) is 0. The summed E-state index contributed by atoms with van der Waals surface area (Å²) in [6.45, 7) is 5.40. The number of hydrogen-bond acceptors (Lipinski definition) is 5. The third-order valence-electron chi connectivity index (χ3n) is 2.02. The number of benzene rings is 2. The molecule has 21 heavy (non-hydrogen) atoms. The second-order valence-electron chi connectivity index (χ2n) is 3.41. The number of aromatic carboxylic acids is 2. The second-order valence-corrected chi connectivity index (χ2v) is 3.41. The molecule has 5 nitrogen and oxygen atoms in total. The number of carbonyl (C=O) groups excluding carboxylic acids is 3. The molecule has 0 aliphatic carbocycles. The van der Waals surface area contributed by atoms with E-state index in [4.69, 9.17) is 11.4 Å². The standard InChI is InChI=1S/2C7H6O2.C2O/c2*8-7(9)6-4-2-1-3-5-6;1-2-3/h2*1-5H,(H,8,9);/q;;+2/p-2. The first-order chi connectivity index (χ1) is 10.0. The topological polar surface area (TPSA) is 97.3 Å². The van der Waals surface area contributed by atoms with Crippen LogP contribution >= 0.6 is 0 Å². The summed E-state index contributed by atoms with van der Waals surface area (Å²) in [5, 5.41) is 20.2. The van der Waals surface area contributed by atoms with E-state index >= 15 is 0 Å². The van der Waals surface area contributed by atoms with Crippen LogP contribution in [0.25, 0.3) is 0 Å². The molecule has 0 atom stereocenters. The summed E-state index contributed by atoms with van der Waals surface area (Å²) >= 11 is 0. The maximum absolute atomic E-state index is 10.1. The Bertz CT molecular complexity index is 535. The van der Waals surface area contributed by atoms with Crippen molar-refractivity contribution >= 4 is 17.9 Å². The Morgan fingerprint density at radius 1 is 0.762 bits per heavy atom. The minimum absolute atomic E-state index is 0.220. The van der Waals surface area contributed by atoms with Gasteiger partial charge in [0.05, 0.1) is 11.9 Å². The zero-order valence-corrected chi connectivity index (χ0v) is 10.8. The van der Waals surface area contributed by atoms with Crippen LogP contribution in [0.4, 0.5) is 0 Å². The van der Waals surface area contributed by atoms with Crippen molar-refractivity contribution in [2.75, 3.05) is 0 Å². The van der Waals surface area contributed by atoms with Gasteiger partial charge in [-0.15, -0.1) is 0 Å². The third-order valence-corrected chi connectivity index (χ3v) is 2.02. The van der Waals surface area contributed by atoms with Gasteiger partial charge in [0.2, 0.25) is 0 Å². The van der Waals surface area contributed by atoms with Crippen LogP contribution in [-0.2, 0) is 4.79 Å². The van der Waals surface area contributed by atoms with Crippen LogP contribution in [0.1, 0.15) is 20.7 Å². The van der Waals surface area contributed by atoms with E-state index in [1.807, 2.05) is 0 Å². The Morgan fingerprint density at radius 2 is 1.00 bits per heavy atom. The summed E-state index contributed by atoms with van der Waals surface area (Å²) in [6, 6.07) is 16.1. The zero-order chi connectivity index (χ0) is 16.1. The Hall–Kier alpha value is -3.04. The molecule has 0 radical (unpaired) electrons. The second kappa shape index (κ2) is 10.8. The first kappa shape index (κ1) is 18.0. The molecule has 0 aliphatic rings. The van der Waals surface area contributed by atoms with Crippen molar-refractivity contribution in [1.82, 2.24) is 0 Å². The van der Waals surface area contributed by atoms with Crippen molar-refractivity contribution in [3.05, 3.63) is 78.4 Å². The van der Waals surface area contributed by atoms with E-state index in [1.165, 1.54) is 24.3 Å². The first-order valence-electron chi connectivity index (χ1n) is 5.59. The molecule has 2 aromatic rings. The quantitative estimate of drug-likeness (QED) is 0.709. The van der Waals surface area contributed by atoms with Gasteiger partial charge in [0.25, 0.3) is 0 Å². The Kier molecular flexibility index (Phi) is 9.27. The minimum atomic E-state index is -1.13. The van der Waals surface area contributed by atoms with Crippen molar-refractivity contribution in [3.8, 4) is 0 Å². The molecule has 0 amide bonds. The van der Waals surface area contributed by atoms with Crippen molar-refractivity contribution < 1.29 is 24.6 Å². The van der Waals surface area contributed by atoms with Crippen LogP contribution in [0.5, 0.6) is 0 Å². The summed E-state index contributed by atoms with van der Waals surface area (Å²) in [4.78, 5) is 28.5. The summed E-state index contributed by atoms with van der Waals surface area (Å²) in [6.07, 6.45) is 0. The molecule has 0 fully saturated rings. The third kappa shape index (κ3) is 8.64. The fourth-order valence-electron chi connectivity index (χ4n) is 1.15. The molecule has 0 saturated carbocycles. The van der Waals surface area contributed by atoms with Gasteiger partial charge in [0.1, 0.15) is 0 Å². The van der Waals surface area contributed by atoms with E-state index in [1.54, 1.807) is 36.4 Å². The maximum atomic E-state index is 10.1. The summed E-state index contributed by atoms with van der Waals surface area (Å²) in [5.41, 5.74) is 0.440. The Labute approximate surface area is 121 Å². The molecule has 5 heteroatoms. The molecule has 2 rings (SSSR count). The normalized spacial score (nSPS) is 8.10. The fourth-order valence-corrected chi connectivity index (χ4v) is 1.15. The van der Waals surface area contributed by atoms with Crippen LogP contribution in [0.15, 0.2) is 60.7 Å². The summed E-state index contributed by atoms with van der Waals surface area (Å²) in [5.74, 6) is -1.51. The Morgan fingerprint density at radius 3 is 1.14 bits per heavy atom. The van der Waals surface area contributed by atoms with Gasteiger partial charge in [0, 0.05) is 0 Å². The molecule has 0 saturated heterocycles. The van der Waals surface area contributed by atoms with Crippen molar-refractivity contribution in [2.24, 2.45) is 0 Å². The molecule has 0 aliphatic heterocycles. The molecule has 0 spiro atoms. The van der Waals surface area contributed by atoms with Crippen molar-refractivity contribution in [1.29, 1.82) is 0 Å². The Balaban J connectivity index is 0.000000322. The molecular formula is C16H10O5. The van der Waals surface area contributed by atoms with Gasteiger partial charge < -0.3 is 19.8 Å². The average molecular weight is 282 g/mol. The van der Waals surface area contributed by atoms with Crippen LogP contribution in [-0.4, -0.2) is 17.9 Å². The van der Waals surface area contributed by atoms with Crippen molar-refractivity contribution in [2.45, 2.75) is 0 Å². The number of rotatable bonds is 2. The van der Waals surface area contributed by atoms with Crippen LogP contribution < -0.4 is 10.2 Å². The summed E-state index contributed by atoms with van der Waals surface area (Å²) in [7, 11) is 0. The molecule has 0 unspecified atom stereocenters. The molecule has 0 heterocycles. The van der Waals surface area contributed by atoms with E-state index in [2.05, 4.69) is 0 Å². The average Bonchev–Trinajstić information content (AvgIpc) is 2.50. The molecule has 0 aromatic heterocycles. The van der Waals surface area contributed by atoms with Crippen LogP contribution in [0.3, 0.4) is 0 Å². The van der Waals surface area contributed by atoms with Gasteiger partial charge in [-0.3, -0.25) is 0 Å². The number of carboxylic acids is 2. The molecule has 2 aromatic carbocycles. The number of carboxylic acid groups (broad SMARTS) is 2. The number of carbonyl (C=O) groups is 2. The van der Waals surface area contributed by atoms with Gasteiger partial charge in [-0.1, -0.05) is 60.7 Å². The SMILES string of the molecule is O=C([O-])c1ccccc1.O=C([O-])c1ccccc1.[C+2]=C=O. The fraction of sp³-hybridized carbons (Fsp3) is 0. The summed E-state index contributed by atoms with van der Waals surface area (Å²) < 4.78 is 0. The van der Waals surface area contributed by atoms with Crippen LogP contribution in [0.2, 0.25) is 0 Å². The van der Waals surface area contributed by atoms with E-state index in [-0.39, 0.29) is 11.1 Å². The van der Waals surface area contributed by atoms with Gasteiger partial charge in [-0.05, 0) is 11.1 Å². The molecule has 0 N–H and O–H groups in total. The molecule has 0 bridgehead atoms. The first-order valence-corrected chi connectivity index (χ1v) is 5.59. The monoisotopic (exact) mass is 282 g/mol. The molecular weight excluding hydrogens is 272 g/mol. The van der Waals surface area contributed by atoms with Gasteiger partial charge in [-0.25, -0.2) is 0 Å². The van der Waals surface area contributed by atoms with Crippen molar-refractivity contribution in [3.63, 3.8) is 0 Å². The van der Waals surface area contributed by atoms with E-state index in [0.717, 1.165) is 5.94 Å².